The Morgan fingerprint density at radius 1 is 1.22 bits per heavy atom. The molecule has 1 aromatic carbocycles. The Hall–Kier alpha value is -1.43. The summed E-state index contributed by atoms with van der Waals surface area (Å²) < 4.78 is 0. The first-order valence-electron chi connectivity index (χ1n) is 8.47. The van der Waals surface area contributed by atoms with Crippen LogP contribution in [0.4, 0.5) is 0 Å². The minimum Gasteiger partial charge on any atom is -0.392 e. The second-order valence-electron chi connectivity index (χ2n) is 6.36. The van der Waals surface area contributed by atoms with Crippen molar-refractivity contribution in [3.63, 3.8) is 0 Å². The van der Waals surface area contributed by atoms with Crippen molar-refractivity contribution >= 4 is 5.91 Å². The fourth-order valence-corrected chi connectivity index (χ4v) is 3.10. The van der Waals surface area contributed by atoms with Gasteiger partial charge < -0.3 is 10.0 Å². The molecule has 0 aliphatic carbocycles. The first-order valence-corrected chi connectivity index (χ1v) is 8.47. The Bertz CT molecular complexity index is 484. The molecule has 1 aromatic rings. The molecule has 0 radical (unpaired) electrons. The van der Waals surface area contributed by atoms with Crippen molar-refractivity contribution in [3.8, 4) is 0 Å². The van der Waals surface area contributed by atoms with Crippen molar-refractivity contribution in [1.82, 2.24) is 14.7 Å². The third-order valence-electron chi connectivity index (χ3n) is 4.50. The topological polar surface area (TPSA) is 47.0 Å². The number of hydrogen-bond acceptors (Lipinski definition) is 4. The standard InChI is InChI=1S/C18H29N3O2/c1-4-19(3)17(16-8-6-5-7-9-16)18(23)21-12-10-20(11-13-21)14-15(2)22/h5-9,15,17,22H,4,10-14H2,1-3H3/t15-,17+/m0/s1. The maximum atomic E-state index is 13.0. The first-order chi connectivity index (χ1) is 11.0. The van der Waals surface area contributed by atoms with E-state index in [1.807, 2.05) is 42.3 Å². The summed E-state index contributed by atoms with van der Waals surface area (Å²) in [5.41, 5.74) is 1.05. The number of carbonyl (C=O) groups excluding carboxylic acids is 1. The van der Waals surface area contributed by atoms with Gasteiger partial charge >= 0.3 is 0 Å². The molecule has 0 aromatic heterocycles. The SMILES string of the molecule is CCN(C)[C@@H](C(=O)N1CCN(C[C@H](C)O)CC1)c1ccccc1. The molecule has 1 heterocycles. The normalized spacial score (nSPS) is 18.9. The highest BCUT2D eigenvalue weighted by molar-refractivity contribution is 5.83. The first kappa shape index (κ1) is 17.9. The zero-order valence-corrected chi connectivity index (χ0v) is 14.5. The highest BCUT2D eigenvalue weighted by atomic mass is 16.3. The average molecular weight is 319 g/mol. The minimum absolute atomic E-state index is 0.178. The van der Waals surface area contributed by atoms with Gasteiger partial charge in [0, 0.05) is 32.7 Å². The van der Waals surface area contributed by atoms with Crippen molar-refractivity contribution in [2.45, 2.75) is 26.0 Å². The van der Waals surface area contributed by atoms with E-state index in [2.05, 4.69) is 16.7 Å². The van der Waals surface area contributed by atoms with Crippen molar-refractivity contribution < 1.29 is 9.90 Å². The molecule has 1 fully saturated rings. The summed E-state index contributed by atoms with van der Waals surface area (Å²) in [7, 11) is 2.00. The maximum absolute atomic E-state index is 13.0. The lowest BCUT2D eigenvalue weighted by Gasteiger charge is -2.38. The van der Waals surface area contributed by atoms with E-state index in [1.165, 1.54) is 0 Å². The van der Waals surface area contributed by atoms with Gasteiger partial charge in [-0.05, 0) is 26.1 Å². The van der Waals surface area contributed by atoms with Crippen LogP contribution in [0.1, 0.15) is 25.5 Å². The van der Waals surface area contributed by atoms with Gasteiger partial charge in [0.15, 0.2) is 0 Å². The van der Waals surface area contributed by atoms with Gasteiger partial charge in [0.1, 0.15) is 6.04 Å². The van der Waals surface area contributed by atoms with E-state index in [-0.39, 0.29) is 18.1 Å². The van der Waals surface area contributed by atoms with Crippen molar-refractivity contribution in [3.05, 3.63) is 35.9 Å². The van der Waals surface area contributed by atoms with Crippen LogP contribution in [0.25, 0.3) is 0 Å². The number of amides is 1. The smallest absolute Gasteiger partial charge is 0.244 e. The number of aliphatic hydroxyl groups excluding tert-OH is 1. The summed E-state index contributed by atoms with van der Waals surface area (Å²) in [6.45, 7) is 8.50. The lowest BCUT2D eigenvalue weighted by molar-refractivity contribution is -0.138. The number of β-amino-alcohol motifs (C(OH)–C–C–N with tert-alkyl or cyclic N) is 1. The van der Waals surface area contributed by atoms with Gasteiger partial charge in [-0.15, -0.1) is 0 Å². The molecular weight excluding hydrogens is 290 g/mol. The number of piperazine rings is 1. The predicted molar refractivity (Wildman–Crippen MR) is 92.2 cm³/mol. The van der Waals surface area contributed by atoms with Crippen LogP contribution in [-0.4, -0.2) is 78.1 Å². The summed E-state index contributed by atoms with van der Waals surface area (Å²) in [5.74, 6) is 0.178. The maximum Gasteiger partial charge on any atom is 0.244 e. The van der Waals surface area contributed by atoms with Gasteiger partial charge in [0.05, 0.1) is 6.10 Å². The molecule has 128 valence electrons. The van der Waals surface area contributed by atoms with Gasteiger partial charge in [0.2, 0.25) is 5.91 Å². The largest absolute Gasteiger partial charge is 0.392 e. The Balaban J connectivity index is 2.04. The van der Waals surface area contributed by atoms with E-state index in [0.29, 0.717) is 6.54 Å². The van der Waals surface area contributed by atoms with Gasteiger partial charge in [-0.1, -0.05) is 37.3 Å². The van der Waals surface area contributed by atoms with E-state index < -0.39 is 0 Å². The molecule has 0 saturated carbocycles. The number of likely N-dealkylation sites (N-methyl/N-ethyl adjacent to an activating group) is 1. The van der Waals surface area contributed by atoms with Crippen LogP contribution in [0.5, 0.6) is 0 Å². The summed E-state index contributed by atoms with van der Waals surface area (Å²) in [5, 5.41) is 9.49. The minimum atomic E-state index is -0.319. The lowest BCUT2D eigenvalue weighted by atomic mass is 10.0. The molecule has 1 saturated heterocycles. The summed E-state index contributed by atoms with van der Waals surface area (Å²) in [6.07, 6.45) is -0.319. The van der Waals surface area contributed by atoms with E-state index in [1.54, 1.807) is 6.92 Å². The van der Waals surface area contributed by atoms with Crippen LogP contribution in [0.2, 0.25) is 0 Å². The number of nitrogens with zero attached hydrogens (tertiary/aromatic N) is 3. The number of carbonyl (C=O) groups is 1. The van der Waals surface area contributed by atoms with E-state index in [4.69, 9.17) is 0 Å². The van der Waals surface area contributed by atoms with E-state index in [0.717, 1.165) is 38.3 Å². The summed E-state index contributed by atoms with van der Waals surface area (Å²) in [6, 6.07) is 9.78. The molecule has 23 heavy (non-hydrogen) atoms. The molecule has 1 aliphatic heterocycles. The zero-order chi connectivity index (χ0) is 16.8. The van der Waals surface area contributed by atoms with Crippen molar-refractivity contribution in [2.75, 3.05) is 46.3 Å². The van der Waals surface area contributed by atoms with E-state index >= 15 is 0 Å². The van der Waals surface area contributed by atoms with Crippen LogP contribution in [0, 0.1) is 0 Å². The molecule has 0 spiro atoms. The quantitative estimate of drug-likeness (QED) is 0.856. The van der Waals surface area contributed by atoms with E-state index in [9.17, 15) is 9.90 Å². The zero-order valence-electron chi connectivity index (χ0n) is 14.5. The van der Waals surface area contributed by atoms with Crippen LogP contribution < -0.4 is 0 Å². The third kappa shape index (κ3) is 4.77. The molecule has 1 N–H and O–H groups in total. The summed E-state index contributed by atoms with van der Waals surface area (Å²) in [4.78, 5) is 19.3. The average Bonchev–Trinajstić information content (AvgIpc) is 2.56. The fourth-order valence-electron chi connectivity index (χ4n) is 3.10. The van der Waals surface area contributed by atoms with Crippen molar-refractivity contribution in [1.29, 1.82) is 0 Å². The van der Waals surface area contributed by atoms with Crippen LogP contribution >= 0.6 is 0 Å². The van der Waals surface area contributed by atoms with Crippen LogP contribution in [0.15, 0.2) is 30.3 Å². The Kier molecular flexibility index (Phi) is 6.57. The van der Waals surface area contributed by atoms with Gasteiger partial charge in [-0.25, -0.2) is 0 Å². The predicted octanol–water partition coefficient (Wildman–Crippen LogP) is 1.20. The van der Waals surface area contributed by atoms with Gasteiger partial charge in [-0.3, -0.25) is 14.6 Å². The molecule has 5 nitrogen and oxygen atoms in total. The third-order valence-corrected chi connectivity index (χ3v) is 4.50. The highest BCUT2D eigenvalue weighted by Crippen LogP contribution is 2.22. The Morgan fingerprint density at radius 3 is 2.35 bits per heavy atom. The monoisotopic (exact) mass is 319 g/mol. The second kappa shape index (κ2) is 8.43. The number of benzene rings is 1. The van der Waals surface area contributed by atoms with Gasteiger partial charge in [0.25, 0.3) is 0 Å². The molecule has 2 rings (SSSR count). The molecular formula is C18H29N3O2. The van der Waals surface area contributed by atoms with Crippen LogP contribution in [0.3, 0.4) is 0 Å². The van der Waals surface area contributed by atoms with Gasteiger partial charge in [-0.2, -0.15) is 0 Å². The summed E-state index contributed by atoms with van der Waals surface area (Å²) >= 11 is 0. The number of hydrogen-bond donors (Lipinski definition) is 1. The molecule has 1 aliphatic rings. The molecule has 2 atom stereocenters. The molecule has 1 amide bonds. The van der Waals surface area contributed by atoms with Crippen molar-refractivity contribution in [2.24, 2.45) is 0 Å². The Labute approximate surface area is 139 Å². The second-order valence-corrected chi connectivity index (χ2v) is 6.36. The highest BCUT2D eigenvalue weighted by Gasteiger charge is 2.30. The fraction of sp³-hybridized carbons (Fsp3) is 0.611. The number of rotatable bonds is 6. The molecule has 0 unspecified atom stereocenters. The molecule has 5 heteroatoms. The molecule has 0 bridgehead atoms. The lowest BCUT2D eigenvalue weighted by Crippen LogP contribution is -2.52. The van der Waals surface area contributed by atoms with Crippen LogP contribution in [-0.2, 0) is 4.79 Å². The Morgan fingerprint density at radius 2 is 1.83 bits per heavy atom. The number of aliphatic hydroxyl groups is 1.